The van der Waals surface area contributed by atoms with Crippen molar-refractivity contribution < 1.29 is 4.79 Å². The number of carbonyl (C=O) groups is 1. The molecule has 3 heterocycles. The van der Waals surface area contributed by atoms with Crippen LogP contribution in [-0.2, 0) is 13.0 Å². The van der Waals surface area contributed by atoms with Crippen LogP contribution in [-0.4, -0.2) is 58.5 Å². The molecule has 1 aromatic carbocycles. The van der Waals surface area contributed by atoms with E-state index in [4.69, 9.17) is 11.6 Å². The minimum Gasteiger partial charge on any atom is -0.352 e. The van der Waals surface area contributed by atoms with Gasteiger partial charge in [0.05, 0.1) is 6.20 Å². The summed E-state index contributed by atoms with van der Waals surface area (Å²) in [5.74, 6) is 0.746. The van der Waals surface area contributed by atoms with E-state index in [-0.39, 0.29) is 6.03 Å². The summed E-state index contributed by atoms with van der Waals surface area (Å²) in [5.41, 5.74) is 2.61. The fourth-order valence-electron chi connectivity index (χ4n) is 3.51. The second-order valence-electron chi connectivity index (χ2n) is 6.39. The smallest absolute Gasteiger partial charge is 0.320 e. The number of amides is 2. The average molecular weight is 358 g/mol. The lowest BCUT2D eigenvalue weighted by molar-refractivity contribution is 0.145. The summed E-state index contributed by atoms with van der Waals surface area (Å²) >= 11 is 6.17. The highest BCUT2D eigenvalue weighted by atomic mass is 35.5. The Morgan fingerprint density at radius 1 is 1.00 bits per heavy atom. The normalized spacial score (nSPS) is 17.4. The summed E-state index contributed by atoms with van der Waals surface area (Å²) in [6.07, 6.45) is 4.04. The molecule has 0 aliphatic carbocycles. The van der Waals surface area contributed by atoms with Gasteiger partial charge in [-0.15, -0.1) is 0 Å². The van der Waals surface area contributed by atoms with Crippen molar-refractivity contribution in [1.82, 2.24) is 19.8 Å². The molecule has 2 aromatic rings. The first-order valence-corrected chi connectivity index (χ1v) is 8.91. The molecule has 6 nitrogen and oxygen atoms in total. The van der Waals surface area contributed by atoms with Crippen LogP contribution in [0, 0.1) is 0 Å². The number of carbonyl (C=O) groups excluding carboxylic acids is 1. The fourth-order valence-corrected chi connectivity index (χ4v) is 3.73. The Balaban J connectivity index is 1.38. The third-order valence-corrected chi connectivity index (χ3v) is 5.17. The summed E-state index contributed by atoms with van der Waals surface area (Å²) in [4.78, 5) is 27.0. The van der Waals surface area contributed by atoms with E-state index in [0.29, 0.717) is 24.7 Å². The quantitative estimate of drug-likeness (QED) is 0.786. The van der Waals surface area contributed by atoms with E-state index in [0.717, 1.165) is 31.9 Å². The summed E-state index contributed by atoms with van der Waals surface area (Å²) in [5, 5.41) is 0.551. The molecule has 7 heteroatoms. The van der Waals surface area contributed by atoms with Gasteiger partial charge in [-0.2, -0.15) is 0 Å². The lowest BCUT2D eigenvalue weighted by Crippen LogP contribution is -2.53. The lowest BCUT2D eigenvalue weighted by atomic mass is 10.0. The standard InChI is InChI=1S/C18H20ClN5O/c19-16-11-20-13-21-17(16)22-7-9-23(10-8-22)18(25)24-6-5-14-3-1-2-4-15(14)12-24/h1-4,11,13H,5-10,12H2. The maximum Gasteiger partial charge on any atom is 0.320 e. The molecule has 25 heavy (non-hydrogen) atoms. The second kappa shape index (κ2) is 6.88. The summed E-state index contributed by atoms with van der Waals surface area (Å²) < 4.78 is 0. The number of anilines is 1. The number of benzene rings is 1. The highest BCUT2D eigenvalue weighted by Gasteiger charge is 2.28. The SMILES string of the molecule is O=C(N1CCN(c2ncncc2Cl)CC1)N1CCc2ccccc2C1. The first kappa shape index (κ1) is 16.1. The van der Waals surface area contributed by atoms with Crippen LogP contribution in [0.5, 0.6) is 0 Å². The molecule has 2 amide bonds. The predicted octanol–water partition coefficient (Wildman–Crippen LogP) is 2.43. The molecule has 4 rings (SSSR count). The van der Waals surface area contributed by atoms with E-state index >= 15 is 0 Å². The molecule has 2 aliphatic heterocycles. The third-order valence-electron chi connectivity index (χ3n) is 4.90. The minimum absolute atomic E-state index is 0.128. The van der Waals surface area contributed by atoms with Gasteiger partial charge in [-0.3, -0.25) is 0 Å². The number of fused-ring (bicyclic) bond motifs is 1. The Hall–Kier alpha value is -2.34. The van der Waals surface area contributed by atoms with Gasteiger partial charge in [-0.05, 0) is 17.5 Å². The fraction of sp³-hybridized carbons (Fsp3) is 0.389. The van der Waals surface area contributed by atoms with Crippen LogP contribution >= 0.6 is 11.6 Å². The number of hydrogen-bond donors (Lipinski definition) is 0. The number of piperazine rings is 1. The molecule has 1 aromatic heterocycles. The number of urea groups is 1. The maximum absolute atomic E-state index is 12.9. The predicted molar refractivity (Wildman–Crippen MR) is 96.8 cm³/mol. The first-order chi connectivity index (χ1) is 12.2. The molecule has 0 N–H and O–H groups in total. The average Bonchev–Trinajstić information content (AvgIpc) is 2.67. The topological polar surface area (TPSA) is 52.6 Å². The van der Waals surface area contributed by atoms with Gasteiger partial charge in [-0.1, -0.05) is 35.9 Å². The first-order valence-electron chi connectivity index (χ1n) is 8.53. The van der Waals surface area contributed by atoms with Gasteiger partial charge in [0.2, 0.25) is 0 Å². The van der Waals surface area contributed by atoms with E-state index in [1.165, 1.54) is 17.5 Å². The number of halogens is 1. The van der Waals surface area contributed by atoms with Gasteiger partial charge in [0.25, 0.3) is 0 Å². The van der Waals surface area contributed by atoms with Gasteiger partial charge in [0, 0.05) is 39.3 Å². The monoisotopic (exact) mass is 357 g/mol. The zero-order chi connectivity index (χ0) is 17.2. The Morgan fingerprint density at radius 2 is 1.76 bits per heavy atom. The molecule has 0 radical (unpaired) electrons. The van der Waals surface area contributed by atoms with Crippen molar-refractivity contribution in [2.45, 2.75) is 13.0 Å². The number of aromatic nitrogens is 2. The van der Waals surface area contributed by atoms with E-state index in [1.54, 1.807) is 6.20 Å². The summed E-state index contributed by atoms with van der Waals surface area (Å²) in [7, 11) is 0. The third kappa shape index (κ3) is 3.26. The van der Waals surface area contributed by atoms with Gasteiger partial charge in [-0.25, -0.2) is 14.8 Å². The van der Waals surface area contributed by atoms with Crippen molar-refractivity contribution in [2.75, 3.05) is 37.6 Å². The van der Waals surface area contributed by atoms with Crippen molar-refractivity contribution in [3.8, 4) is 0 Å². The molecule has 0 saturated carbocycles. The molecule has 2 aliphatic rings. The Morgan fingerprint density at radius 3 is 2.52 bits per heavy atom. The van der Waals surface area contributed by atoms with Crippen molar-refractivity contribution in [2.24, 2.45) is 0 Å². The number of hydrogen-bond acceptors (Lipinski definition) is 4. The zero-order valence-electron chi connectivity index (χ0n) is 13.9. The van der Waals surface area contributed by atoms with E-state index in [9.17, 15) is 4.79 Å². The molecule has 1 fully saturated rings. The van der Waals surface area contributed by atoms with E-state index in [1.807, 2.05) is 15.9 Å². The molecule has 0 spiro atoms. The van der Waals surface area contributed by atoms with Crippen molar-refractivity contribution >= 4 is 23.4 Å². The van der Waals surface area contributed by atoms with Crippen LogP contribution in [0.15, 0.2) is 36.8 Å². The van der Waals surface area contributed by atoms with Crippen LogP contribution in [0.4, 0.5) is 10.6 Å². The lowest BCUT2D eigenvalue weighted by Gasteiger charge is -2.39. The Bertz CT molecular complexity index is 776. The molecule has 130 valence electrons. The molecule has 0 bridgehead atoms. The minimum atomic E-state index is 0.128. The van der Waals surface area contributed by atoms with E-state index < -0.39 is 0 Å². The van der Waals surface area contributed by atoms with Crippen LogP contribution in [0.2, 0.25) is 5.02 Å². The zero-order valence-corrected chi connectivity index (χ0v) is 14.7. The van der Waals surface area contributed by atoms with E-state index in [2.05, 4.69) is 33.1 Å². The Labute approximate surface area is 152 Å². The van der Waals surface area contributed by atoms with Gasteiger partial charge in [0.1, 0.15) is 11.3 Å². The highest BCUT2D eigenvalue weighted by molar-refractivity contribution is 6.32. The maximum atomic E-state index is 12.9. The van der Waals surface area contributed by atoms with Crippen LogP contribution < -0.4 is 4.90 Å². The molecular weight excluding hydrogens is 338 g/mol. The van der Waals surface area contributed by atoms with Crippen LogP contribution in [0.25, 0.3) is 0 Å². The van der Waals surface area contributed by atoms with Crippen molar-refractivity contribution in [3.63, 3.8) is 0 Å². The largest absolute Gasteiger partial charge is 0.352 e. The van der Waals surface area contributed by atoms with Crippen LogP contribution in [0.3, 0.4) is 0 Å². The summed E-state index contributed by atoms with van der Waals surface area (Å²) in [6.45, 7) is 4.30. The van der Waals surface area contributed by atoms with Gasteiger partial charge in [0.15, 0.2) is 5.82 Å². The Kier molecular flexibility index (Phi) is 4.44. The van der Waals surface area contributed by atoms with Crippen LogP contribution in [0.1, 0.15) is 11.1 Å². The highest BCUT2D eigenvalue weighted by Crippen LogP contribution is 2.24. The molecular formula is C18H20ClN5O. The van der Waals surface area contributed by atoms with Crippen molar-refractivity contribution in [1.29, 1.82) is 0 Å². The number of rotatable bonds is 1. The van der Waals surface area contributed by atoms with Gasteiger partial charge >= 0.3 is 6.03 Å². The second-order valence-corrected chi connectivity index (χ2v) is 6.80. The molecule has 0 unspecified atom stereocenters. The van der Waals surface area contributed by atoms with Gasteiger partial charge < -0.3 is 14.7 Å². The number of nitrogens with zero attached hydrogens (tertiary/aromatic N) is 5. The molecule has 0 atom stereocenters. The summed E-state index contributed by atoms with van der Waals surface area (Å²) in [6, 6.07) is 8.50. The van der Waals surface area contributed by atoms with Crippen molar-refractivity contribution in [3.05, 3.63) is 52.9 Å². The molecule has 1 saturated heterocycles.